The average Bonchev–Trinajstić information content (AvgIpc) is 3.42. The van der Waals surface area contributed by atoms with Gasteiger partial charge in [0.1, 0.15) is 19.3 Å². The molecule has 0 heterocycles. The van der Waals surface area contributed by atoms with Crippen LogP contribution in [-0.4, -0.2) is 96.7 Å². The van der Waals surface area contributed by atoms with Crippen molar-refractivity contribution in [1.29, 1.82) is 0 Å². The summed E-state index contributed by atoms with van der Waals surface area (Å²) in [5.74, 6) is 0.717. The lowest BCUT2D eigenvalue weighted by Gasteiger charge is -2.21. The topological polar surface area (TPSA) is 237 Å². The van der Waals surface area contributed by atoms with Gasteiger partial charge in [0.05, 0.1) is 26.4 Å². The van der Waals surface area contributed by atoms with Crippen LogP contribution in [0.15, 0.2) is 0 Å². The molecule has 0 aromatic heterocycles. The van der Waals surface area contributed by atoms with Crippen molar-refractivity contribution in [3.8, 4) is 0 Å². The third-order valence-electron chi connectivity index (χ3n) is 14.7. The summed E-state index contributed by atoms with van der Waals surface area (Å²) in [6.45, 7) is 13.9. The van der Waals surface area contributed by atoms with Gasteiger partial charge in [0.15, 0.2) is 12.2 Å². The van der Waals surface area contributed by atoms with Crippen LogP contribution >= 0.6 is 15.6 Å². The number of phosphoric ester groups is 2. The first kappa shape index (κ1) is 80.1. The molecule has 0 radical (unpaired) electrons. The lowest BCUT2D eigenvalue weighted by molar-refractivity contribution is -0.161. The van der Waals surface area contributed by atoms with Crippen molar-refractivity contribution in [2.75, 3.05) is 39.6 Å². The second-order valence-corrected chi connectivity index (χ2v) is 27.4. The summed E-state index contributed by atoms with van der Waals surface area (Å²) in [5.41, 5.74) is 0. The molecule has 0 spiro atoms. The van der Waals surface area contributed by atoms with E-state index in [0.29, 0.717) is 37.5 Å². The molecule has 6 atom stereocenters. The van der Waals surface area contributed by atoms with E-state index >= 15 is 0 Å². The van der Waals surface area contributed by atoms with Gasteiger partial charge in [-0.2, -0.15) is 0 Å². The number of carbonyl (C=O) groups is 4. The van der Waals surface area contributed by atoms with Gasteiger partial charge in [-0.15, -0.1) is 0 Å². The Morgan fingerprint density at radius 2 is 0.585 bits per heavy atom. The number of phosphoric acid groups is 2. The highest BCUT2D eigenvalue weighted by molar-refractivity contribution is 7.47. The van der Waals surface area contributed by atoms with Gasteiger partial charge in [0, 0.05) is 25.7 Å². The zero-order chi connectivity index (χ0) is 61.1. The highest BCUT2D eigenvalue weighted by Gasteiger charge is 2.30. The zero-order valence-corrected chi connectivity index (χ0v) is 54.9. The first-order chi connectivity index (χ1) is 39.1. The fourth-order valence-corrected chi connectivity index (χ4v) is 10.8. The van der Waals surface area contributed by atoms with Crippen molar-refractivity contribution in [2.45, 2.75) is 318 Å². The maximum absolute atomic E-state index is 12.9. The first-order valence-electron chi connectivity index (χ1n) is 32.7. The van der Waals surface area contributed by atoms with Gasteiger partial charge in [-0.25, -0.2) is 9.13 Å². The Kier molecular flexibility index (Phi) is 52.0. The van der Waals surface area contributed by atoms with Crippen LogP contribution in [0.5, 0.6) is 0 Å². The predicted molar refractivity (Wildman–Crippen MR) is 326 cm³/mol. The van der Waals surface area contributed by atoms with Crippen molar-refractivity contribution < 1.29 is 80.2 Å². The van der Waals surface area contributed by atoms with Gasteiger partial charge in [0.25, 0.3) is 0 Å². The quantitative estimate of drug-likeness (QED) is 0.0222. The summed E-state index contributed by atoms with van der Waals surface area (Å²) in [7, 11) is -9.89. The Hall–Kier alpha value is -1.94. The zero-order valence-electron chi connectivity index (χ0n) is 53.1. The molecule has 3 unspecified atom stereocenters. The predicted octanol–water partition coefficient (Wildman–Crippen LogP) is 17.0. The van der Waals surface area contributed by atoms with E-state index in [0.717, 1.165) is 108 Å². The Labute approximate surface area is 498 Å². The van der Waals surface area contributed by atoms with Crippen LogP contribution < -0.4 is 0 Å². The van der Waals surface area contributed by atoms with Gasteiger partial charge in [-0.3, -0.25) is 37.3 Å². The van der Waals surface area contributed by atoms with Gasteiger partial charge < -0.3 is 33.8 Å². The molecule has 0 bridgehead atoms. The van der Waals surface area contributed by atoms with Crippen LogP contribution in [0.3, 0.4) is 0 Å². The van der Waals surface area contributed by atoms with Gasteiger partial charge in [-0.05, 0) is 49.4 Å². The summed E-state index contributed by atoms with van der Waals surface area (Å²) in [6, 6.07) is 0. The van der Waals surface area contributed by atoms with E-state index in [4.69, 9.17) is 37.0 Å². The molecule has 82 heavy (non-hydrogen) atoms. The number of hydrogen-bond donors (Lipinski definition) is 3. The minimum absolute atomic E-state index is 0.101. The number of carbonyl (C=O) groups excluding carboxylic acids is 4. The first-order valence-corrected chi connectivity index (χ1v) is 35.7. The summed E-state index contributed by atoms with van der Waals surface area (Å²) < 4.78 is 67.9. The minimum atomic E-state index is -4.94. The maximum Gasteiger partial charge on any atom is 0.472 e. The van der Waals surface area contributed by atoms with E-state index in [2.05, 4.69) is 55.4 Å². The molecule has 486 valence electrons. The van der Waals surface area contributed by atoms with Crippen LogP contribution in [0.1, 0.15) is 299 Å². The molecule has 0 aromatic carbocycles. The number of aliphatic hydroxyl groups excluding tert-OH is 1. The van der Waals surface area contributed by atoms with E-state index in [-0.39, 0.29) is 25.7 Å². The van der Waals surface area contributed by atoms with Gasteiger partial charge in [0.2, 0.25) is 0 Å². The molecule has 19 heteroatoms. The number of unbranched alkanes of at least 4 members (excludes halogenated alkanes) is 25. The van der Waals surface area contributed by atoms with Crippen LogP contribution in [-0.2, 0) is 65.4 Å². The summed E-state index contributed by atoms with van der Waals surface area (Å²) in [5, 5.41) is 10.5. The molecular formula is C63H122O17P2. The lowest BCUT2D eigenvalue weighted by Crippen LogP contribution is -2.30. The molecule has 0 amide bonds. The summed E-state index contributed by atoms with van der Waals surface area (Å²) in [4.78, 5) is 72.1. The van der Waals surface area contributed by atoms with E-state index in [1.807, 2.05) is 0 Å². The third-order valence-corrected chi connectivity index (χ3v) is 16.6. The molecule has 0 fully saturated rings. The summed E-state index contributed by atoms with van der Waals surface area (Å²) >= 11 is 0. The van der Waals surface area contributed by atoms with Crippen molar-refractivity contribution >= 4 is 39.5 Å². The van der Waals surface area contributed by atoms with Gasteiger partial charge >= 0.3 is 39.5 Å². The molecule has 0 aliphatic rings. The SMILES string of the molecule is CCC(C)CCCCCCCCCCC(=O)OC[C@H](COP(=O)(O)OC[C@@H](O)COP(=O)(O)OC[C@@H](COC(=O)CCCCCCCCC(C)C)OC(=O)CCCCCCCCCCCC(C)C)OC(=O)CCCCCCCCC(C)C. The number of aliphatic hydroxyl groups is 1. The van der Waals surface area contributed by atoms with Crippen molar-refractivity contribution in [3.05, 3.63) is 0 Å². The normalized spacial score (nSPS) is 14.8. The van der Waals surface area contributed by atoms with Gasteiger partial charge in [-0.1, -0.05) is 248 Å². The molecule has 0 saturated heterocycles. The number of ether oxygens (including phenoxy) is 4. The van der Waals surface area contributed by atoms with E-state index < -0.39 is 97.5 Å². The molecule has 0 aliphatic carbocycles. The highest BCUT2D eigenvalue weighted by Crippen LogP contribution is 2.45. The number of esters is 4. The highest BCUT2D eigenvalue weighted by atomic mass is 31.2. The molecule has 0 saturated carbocycles. The smallest absolute Gasteiger partial charge is 0.462 e. The fourth-order valence-electron chi connectivity index (χ4n) is 9.22. The monoisotopic (exact) mass is 1210 g/mol. The fraction of sp³-hybridized carbons (Fsp3) is 0.937. The summed E-state index contributed by atoms with van der Waals surface area (Å²) in [6.07, 6.45) is 32.4. The van der Waals surface area contributed by atoms with Crippen LogP contribution in [0.2, 0.25) is 0 Å². The Bertz CT molecular complexity index is 1650. The average molecular weight is 1210 g/mol. The molecule has 0 rings (SSSR count). The van der Waals surface area contributed by atoms with Crippen LogP contribution in [0.4, 0.5) is 0 Å². The van der Waals surface area contributed by atoms with E-state index in [1.54, 1.807) is 0 Å². The minimum Gasteiger partial charge on any atom is -0.462 e. The molecule has 0 aromatic rings. The third kappa shape index (κ3) is 55.9. The van der Waals surface area contributed by atoms with E-state index in [1.165, 1.54) is 96.3 Å². The second-order valence-electron chi connectivity index (χ2n) is 24.5. The second kappa shape index (κ2) is 53.3. The van der Waals surface area contributed by atoms with Crippen molar-refractivity contribution in [1.82, 2.24) is 0 Å². The van der Waals surface area contributed by atoms with Crippen LogP contribution in [0.25, 0.3) is 0 Å². The Balaban J connectivity index is 5.24. The maximum atomic E-state index is 12.9. The van der Waals surface area contributed by atoms with E-state index in [9.17, 15) is 43.2 Å². The largest absolute Gasteiger partial charge is 0.472 e. The Morgan fingerprint density at radius 1 is 0.341 bits per heavy atom. The lowest BCUT2D eigenvalue weighted by atomic mass is 9.99. The molecule has 0 aliphatic heterocycles. The molecular weight excluding hydrogens is 1090 g/mol. The van der Waals surface area contributed by atoms with Crippen molar-refractivity contribution in [3.63, 3.8) is 0 Å². The molecule has 3 N–H and O–H groups in total. The van der Waals surface area contributed by atoms with Crippen molar-refractivity contribution in [2.24, 2.45) is 23.7 Å². The van der Waals surface area contributed by atoms with Crippen LogP contribution in [0, 0.1) is 23.7 Å². The number of rotatable bonds is 60. The Morgan fingerprint density at radius 3 is 0.866 bits per heavy atom. The number of hydrogen-bond acceptors (Lipinski definition) is 15. The standard InChI is InChI=1S/C63H122O17P2/c1-9-56(8)42-34-26-16-13-14-17-27-35-43-60(65)73-49-59(80-63(68)46-38-30-22-20-25-33-41-55(6)7)52-78-82(71,72)76-48-57(64)47-75-81(69,70)77-51-58(50-74-61(66)44-36-28-21-19-24-32-40-54(4)5)79-62(67)45-37-29-18-12-10-11-15-23-31-39-53(2)3/h53-59,64H,9-52H2,1-8H3,(H,69,70)(H,71,72)/t56?,57-,58+,59+/m0/s1. The molecule has 17 nitrogen and oxygen atoms in total.